The summed E-state index contributed by atoms with van der Waals surface area (Å²) in [7, 11) is 1.47. The first-order chi connectivity index (χ1) is 16.1. The van der Waals surface area contributed by atoms with E-state index in [4.69, 9.17) is 5.41 Å². The number of hydrogen-bond acceptors (Lipinski definition) is 5. The number of rotatable bonds is 7. The molecule has 3 rings (SSSR count). The number of alkyl halides is 2. The van der Waals surface area contributed by atoms with Gasteiger partial charge in [0, 0.05) is 50.4 Å². The van der Waals surface area contributed by atoms with Crippen LogP contribution in [0.2, 0.25) is 0 Å². The fourth-order valence-electron chi connectivity index (χ4n) is 4.06. The predicted octanol–water partition coefficient (Wildman–Crippen LogP) is 3.72. The summed E-state index contributed by atoms with van der Waals surface area (Å²) in [5.74, 6) is -1.62. The molecule has 0 radical (unpaired) electrons. The summed E-state index contributed by atoms with van der Waals surface area (Å²) in [4.78, 5) is 21.2. The number of hydrogen-bond donors (Lipinski definition) is 3. The van der Waals surface area contributed by atoms with E-state index in [2.05, 4.69) is 39.3 Å². The summed E-state index contributed by atoms with van der Waals surface area (Å²) in [6.07, 6.45) is -1.33. The van der Waals surface area contributed by atoms with E-state index in [0.717, 1.165) is 37.9 Å². The van der Waals surface area contributed by atoms with E-state index >= 15 is 0 Å². The summed E-state index contributed by atoms with van der Waals surface area (Å²) in [5, 5.41) is 14.0. The molecule has 10 heteroatoms. The molecule has 1 amide bonds. The zero-order valence-electron chi connectivity index (χ0n) is 19.8. The SMILES string of the molecule is CNC(=O)c1ncc(N2CCN(C(C)C)CC2)cc1C(=N)N[C@H](C)c1cccc(C(F)F)c1F. The molecule has 1 aliphatic rings. The molecule has 0 bridgehead atoms. The first kappa shape index (κ1) is 25.5. The zero-order chi connectivity index (χ0) is 25.0. The summed E-state index contributed by atoms with van der Waals surface area (Å²) >= 11 is 0. The Morgan fingerprint density at radius 1 is 1.12 bits per heavy atom. The van der Waals surface area contributed by atoms with E-state index in [-0.39, 0.29) is 22.7 Å². The van der Waals surface area contributed by atoms with Crippen molar-refractivity contribution in [3.8, 4) is 0 Å². The molecule has 184 valence electrons. The highest BCUT2D eigenvalue weighted by atomic mass is 19.3. The van der Waals surface area contributed by atoms with Gasteiger partial charge >= 0.3 is 0 Å². The topological polar surface area (TPSA) is 84.4 Å². The van der Waals surface area contributed by atoms with Crippen LogP contribution in [0, 0.1) is 11.2 Å². The second-order valence-electron chi connectivity index (χ2n) is 8.58. The van der Waals surface area contributed by atoms with Crippen LogP contribution in [-0.4, -0.2) is 60.9 Å². The van der Waals surface area contributed by atoms with Crippen LogP contribution >= 0.6 is 0 Å². The maximum atomic E-state index is 14.6. The quantitative estimate of drug-likeness (QED) is 0.419. The Labute approximate surface area is 197 Å². The van der Waals surface area contributed by atoms with Crippen molar-refractivity contribution in [3.05, 3.63) is 58.7 Å². The Kier molecular flexibility index (Phi) is 8.14. The average Bonchev–Trinajstić information content (AvgIpc) is 2.83. The molecule has 1 aromatic heterocycles. The predicted molar refractivity (Wildman–Crippen MR) is 126 cm³/mol. The molecule has 0 spiro atoms. The number of nitrogens with zero attached hydrogens (tertiary/aromatic N) is 3. The maximum absolute atomic E-state index is 14.6. The summed E-state index contributed by atoms with van der Waals surface area (Å²) in [6.45, 7) is 9.21. The van der Waals surface area contributed by atoms with Gasteiger partial charge in [-0.1, -0.05) is 18.2 Å². The highest BCUT2D eigenvalue weighted by Gasteiger charge is 2.24. The molecule has 1 fully saturated rings. The van der Waals surface area contributed by atoms with Crippen molar-refractivity contribution in [1.82, 2.24) is 20.5 Å². The second-order valence-corrected chi connectivity index (χ2v) is 8.58. The van der Waals surface area contributed by atoms with Crippen molar-refractivity contribution in [1.29, 1.82) is 5.41 Å². The molecular weight excluding hydrogens is 445 g/mol. The van der Waals surface area contributed by atoms with Crippen LogP contribution in [0.1, 0.15) is 60.4 Å². The van der Waals surface area contributed by atoms with Crippen LogP contribution in [0.5, 0.6) is 0 Å². The number of halogens is 3. The molecule has 34 heavy (non-hydrogen) atoms. The van der Waals surface area contributed by atoms with E-state index in [1.807, 2.05) is 0 Å². The molecule has 1 saturated heterocycles. The molecule has 0 aliphatic carbocycles. The largest absolute Gasteiger partial charge is 0.368 e. The highest BCUT2D eigenvalue weighted by Crippen LogP contribution is 2.28. The molecule has 2 heterocycles. The lowest BCUT2D eigenvalue weighted by Gasteiger charge is -2.38. The molecule has 1 atom stereocenters. The number of carbonyl (C=O) groups excluding carboxylic acids is 1. The minimum absolute atomic E-state index is 0.0120. The van der Waals surface area contributed by atoms with Crippen LogP contribution < -0.4 is 15.5 Å². The van der Waals surface area contributed by atoms with E-state index in [9.17, 15) is 18.0 Å². The molecular formula is C24H31F3N6O. The lowest BCUT2D eigenvalue weighted by Crippen LogP contribution is -2.49. The van der Waals surface area contributed by atoms with E-state index in [1.54, 1.807) is 19.2 Å². The van der Waals surface area contributed by atoms with E-state index in [0.29, 0.717) is 6.04 Å². The highest BCUT2D eigenvalue weighted by molar-refractivity contribution is 6.07. The van der Waals surface area contributed by atoms with Gasteiger partial charge in [-0.25, -0.2) is 18.2 Å². The summed E-state index contributed by atoms with van der Waals surface area (Å²) in [6, 6.07) is 5.18. The normalized spacial score (nSPS) is 15.5. The fraction of sp³-hybridized carbons (Fsp3) is 0.458. The average molecular weight is 477 g/mol. The molecule has 0 saturated carbocycles. The summed E-state index contributed by atoms with van der Waals surface area (Å²) < 4.78 is 40.8. The van der Waals surface area contributed by atoms with Crippen LogP contribution in [0.15, 0.2) is 30.5 Å². The number of nitrogens with one attached hydrogen (secondary N) is 3. The zero-order valence-corrected chi connectivity index (χ0v) is 19.8. The number of benzene rings is 1. The third kappa shape index (κ3) is 5.49. The van der Waals surface area contributed by atoms with E-state index < -0.39 is 29.8 Å². The van der Waals surface area contributed by atoms with Crippen molar-refractivity contribution in [2.24, 2.45) is 0 Å². The molecule has 2 aromatic rings. The number of carbonyl (C=O) groups is 1. The van der Waals surface area contributed by atoms with Gasteiger partial charge in [0.25, 0.3) is 12.3 Å². The fourth-order valence-corrected chi connectivity index (χ4v) is 4.06. The van der Waals surface area contributed by atoms with Crippen molar-refractivity contribution >= 4 is 17.4 Å². The molecule has 3 N–H and O–H groups in total. The number of piperazine rings is 1. The molecule has 0 unspecified atom stereocenters. The third-order valence-corrected chi connectivity index (χ3v) is 6.12. The number of aromatic nitrogens is 1. The van der Waals surface area contributed by atoms with Gasteiger partial charge < -0.3 is 15.5 Å². The summed E-state index contributed by atoms with van der Waals surface area (Å²) in [5.41, 5.74) is 0.404. The maximum Gasteiger partial charge on any atom is 0.270 e. The van der Waals surface area contributed by atoms with Crippen molar-refractivity contribution in [2.75, 3.05) is 38.1 Å². The van der Waals surface area contributed by atoms with Gasteiger partial charge in [0.05, 0.1) is 23.5 Å². The Bertz CT molecular complexity index is 1040. The van der Waals surface area contributed by atoms with Gasteiger partial charge in [-0.2, -0.15) is 0 Å². The minimum Gasteiger partial charge on any atom is -0.368 e. The van der Waals surface area contributed by atoms with Crippen LogP contribution in [0.4, 0.5) is 18.9 Å². The smallest absolute Gasteiger partial charge is 0.270 e. The Hall–Kier alpha value is -3.14. The second kappa shape index (κ2) is 10.9. The van der Waals surface area contributed by atoms with Gasteiger partial charge in [-0.3, -0.25) is 15.1 Å². The lowest BCUT2D eigenvalue weighted by molar-refractivity contribution is 0.0958. The number of anilines is 1. The van der Waals surface area contributed by atoms with Gasteiger partial charge in [-0.15, -0.1) is 0 Å². The van der Waals surface area contributed by atoms with Crippen LogP contribution in [0.25, 0.3) is 0 Å². The third-order valence-electron chi connectivity index (χ3n) is 6.12. The van der Waals surface area contributed by atoms with Crippen LogP contribution in [-0.2, 0) is 0 Å². The van der Waals surface area contributed by atoms with Crippen molar-refractivity contribution < 1.29 is 18.0 Å². The number of amidine groups is 1. The Balaban J connectivity index is 1.86. The molecule has 1 aliphatic heterocycles. The van der Waals surface area contributed by atoms with Crippen molar-refractivity contribution in [2.45, 2.75) is 39.3 Å². The van der Waals surface area contributed by atoms with Gasteiger partial charge in [0.15, 0.2) is 0 Å². The molecule has 1 aromatic carbocycles. The monoisotopic (exact) mass is 476 g/mol. The molecule has 7 nitrogen and oxygen atoms in total. The number of amides is 1. The minimum atomic E-state index is -2.94. The van der Waals surface area contributed by atoms with E-state index in [1.165, 1.54) is 19.2 Å². The van der Waals surface area contributed by atoms with Gasteiger partial charge in [0.1, 0.15) is 17.3 Å². The Morgan fingerprint density at radius 3 is 2.35 bits per heavy atom. The van der Waals surface area contributed by atoms with Gasteiger partial charge in [0.2, 0.25) is 0 Å². The van der Waals surface area contributed by atoms with Crippen LogP contribution in [0.3, 0.4) is 0 Å². The standard InChI is InChI=1S/C24H31F3N6O/c1-14(2)32-8-10-33(11-9-32)16-12-19(21(30-13-16)24(34)29-4)23(28)31-15(3)17-6-5-7-18(20(17)25)22(26)27/h5-7,12-15,22H,8-11H2,1-4H3,(H2,28,31)(H,29,34)/t15-/m1/s1. The number of pyridine rings is 1. The van der Waals surface area contributed by atoms with Crippen molar-refractivity contribution in [3.63, 3.8) is 0 Å². The first-order valence-electron chi connectivity index (χ1n) is 11.3. The lowest BCUT2D eigenvalue weighted by atomic mass is 10.0. The Morgan fingerprint density at radius 2 is 1.76 bits per heavy atom. The van der Waals surface area contributed by atoms with Gasteiger partial charge in [-0.05, 0) is 26.8 Å². The first-order valence-corrected chi connectivity index (χ1v) is 11.3.